The minimum atomic E-state index is -4.39. The lowest BCUT2D eigenvalue weighted by molar-refractivity contribution is -0.152. The number of nitrogens with zero attached hydrogens (tertiary/aromatic N) is 2. The molecule has 0 unspecified atom stereocenters. The zero-order chi connectivity index (χ0) is 25.3. The van der Waals surface area contributed by atoms with E-state index in [0.29, 0.717) is 35.4 Å². The second kappa shape index (κ2) is 9.37. The molecule has 0 fully saturated rings. The van der Waals surface area contributed by atoms with Crippen molar-refractivity contribution in [3.63, 3.8) is 0 Å². The third kappa shape index (κ3) is 5.50. The van der Waals surface area contributed by atoms with Crippen molar-refractivity contribution in [1.29, 1.82) is 0 Å². The molecule has 2 aromatic carbocycles. The smallest absolute Gasteiger partial charge is 0.416 e. The van der Waals surface area contributed by atoms with Gasteiger partial charge in [0.25, 0.3) is 0 Å². The summed E-state index contributed by atoms with van der Waals surface area (Å²) in [5.74, 6) is -0.689. The molecule has 34 heavy (non-hydrogen) atoms. The van der Waals surface area contributed by atoms with Crippen molar-refractivity contribution in [3.8, 4) is 5.75 Å². The number of carbonyl (C=O) groups is 1. The van der Waals surface area contributed by atoms with Gasteiger partial charge in [0.15, 0.2) is 5.60 Å². The molecule has 3 rings (SSSR count). The number of ether oxygens (including phenoxy) is 1. The van der Waals surface area contributed by atoms with Gasteiger partial charge < -0.3 is 9.84 Å². The van der Waals surface area contributed by atoms with Crippen molar-refractivity contribution < 1.29 is 27.8 Å². The highest BCUT2D eigenvalue weighted by atomic mass is 19.4. The molecule has 3 aromatic rings. The van der Waals surface area contributed by atoms with Crippen molar-refractivity contribution in [1.82, 2.24) is 9.78 Å². The van der Waals surface area contributed by atoms with Gasteiger partial charge in [-0.2, -0.15) is 18.3 Å². The highest BCUT2D eigenvalue weighted by molar-refractivity contribution is 5.86. The van der Waals surface area contributed by atoms with E-state index in [4.69, 9.17) is 4.74 Å². The first-order valence-electron chi connectivity index (χ1n) is 10.7. The quantitative estimate of drug-likeness (QED) is 0.369. The average molecular weight is 473 g/mol. The lowest BCUT2D eigenvalue weighted by Gasteiger charge is -2.22. The molecule has 0 bridgehead atoms. The summed E-state index contributed by atoms with van der Waals surface area (Å²) in [4.78, 5) is 11.6. The van der Waals surface area contributed by atoms with Gasteiger partial charge in [0.1, 0.15) is 11.3 Å². The summed E-state index contributed by atoms with van der Waals surface area (Å²) in [6.07, 6.45) is -2.26. The standard InChI is InChI=1S/C26H27F3N2O3/c1-16(2)20(13-17(3)18-9-11-21(12-10-18)26(27,28)29)15-31-23-19(14-30-31)7-6-8-22(23)34-25(4,5)24(32)33/h6-12,14H,3,13,15H2,1-2,4-5H3,(H,32,33). The van der Waals surface area contributed by atoms with Crippen LogP contribution < -0.4 is 4.74 Å². The number of aromatic nitrogens is 2. The molecular formula is C26H27F3N2O3. The van der Waals surface area contributed by atoms with Crippen LogP contribution >= 0.6 is 0 Å². The second-order valence-corrected chi connectivity index (χ2v) is 8.87. The lowest BCUT2D eigenvalue weighted by atomic mass is 9.96. The number of carboxylic acids is 1. The number of allylic oxidation sites excluding steroid dienone is 3. The monoisotopic (exact) mass is 472 g/mol. The van der Waals surface area contributed by atoms with Gasteiger partial charge >= 0.3 is 12.1 Å². The van der Waals surface area contributed by atoms with Crippen LogP contribution in [0.15, 0.2) is 66.4 Å². The average Bonchev–Trinajstić information content (AvgIpc) is 3.16. The van der Waals surface area contributed by atoms with E-state index >= 15 is 0 Å². The van der Waals surface area contributed by atoms with Crippen LogP contribution in [0.2, 0.25) is 0 Å². The molecule has 0 radical (unpaired) electrons. The molecule has 0 spiro atoms. The molecule has 8 heteroatoms. The molecule has 0 atom stereocenters. The van der Waals surface area contributed by atoms with Crippen molar-refractivity contribution in [3.05, 3.63) is 77.5 Å². The Morgan fingerprint density at radius 1 is 1.12 bits per heavy atom. The summed E-state index contributed by atoms with van der Waals surface area (Å²) in [7, 11) is 0. The van der Waals surface area contributed by atoms with E-state index in [1.165, 1.54) is 26.0 Å². The first-order valence-corrected chi connectivity index (χ1v) is 10.7. The van der Waals surface area contributed by atoms with Crippen molar-refractivity contribution >= 4 is 22.4 Å². The topological polar surface area (TPSA) is 64.4 Å². The summed E-state index contributed by atoms with van der Waals surface area (Å²) in [6, 6.07) is 10.3. The van der Waals surface area contributed by atoms with Gasteiger partial charge in [-0.3, -0.25) is 4.68 Å². The molecule has 0 amide bonds. The van der Waals surface area contributed by atoms with Crippen LogP contribution in [-0.4, -0.2) is 26.5 Å². The van der Waals surface area contributed by atoms with Gasteiger partial charge in [-0.05, 0) is 69.0 Å². The number of rotatable bonds is 8. The maximum Gasteiger partial charge on any atom is 0.416 e. The van der Waals surface area contributed by atoms with E-state index in [1.54, 1.807) is 23.0 Å². The molecule has 0 saturated heterocycles. The van der Waals surface area contributed by atoms with Crippen LogP contribution in [-0.2, 0) is 17.5 Å². The maximum atomic E-state index is 12.9. The highest BCUT2D eigenvalue weighted by Crippen LogP contribution is 2.33. The Hall–Kier alpha value is -3.55. The fourth-order valence-electron chi connectivity index (χ4n) is 3.46. The predicted molar refractivity (Wildman–Crippen MR) is 126 cm³/mol. The number of benzene rings is 2. The fraction of sp³-hybridized carbons (Fsp3) is 0.308. The minimum absolute atomic E-state index is 0.388. The second-order valence-electron chi connectivity index (χ2n) is 8.87. The van der Waals surface area contributed by atoms with Crippen LogP contribution in [0.3, 0.4) is 0 Å². The van der Waals surface area contributed by atoms with Gasteiger partial charge in [-0.15, -0.1) is 0 Å². The summed E-state index contributed by atoms with van der Waals surface area (Å²) in [5.41, 5.74) is 1.86. The van der Waals surface area contributed by atoms with Crippen LogP contribution in [0.1, 0.15) is 45.2 Å². The maximum absolute atomic E-state index is 12.9. The molecule has 5 nitrogen and oxygen atoms in total. The Morgan fingerprint density at radius 3 is 2.32 bits per heavy atom. The predicted octanol–water partition coefficient (Wildman–Crippen LogP) is 6.74. The zero-order valence-corrected chi connectivity index (χ0v) is 19.5. The van der Waals surface area contributed by atoms with Gasteiger partial charge in [0, 0.05) is 5.39 Å². The van der Waals surface area contributed by atoms with Gasteiger partial charge in [-0.25, -0.2) is 4.79 Å². The summed E-state index contributed by atoms with van der Waals surface area (Å²) in [6.45, 7) is 11.3. The van der Waals surface area contributed by atoms with Crippen molar-refractivity contribution in [2.24, 2.45) is 0 Å². The van der Waals surface area contributed by atoms with E-state index in [0.717, 1.165) is 28.7 Å². The number of hydrogen-bond donors (Lipinski definition) is 1. The van der Waals surface area contributed by atoms with E-state index in [-0.39, 0.29) is 0 Å². The first kappa shape index (κ1) is 25.1. The number of para-hydroxylation sites is 1. The molecule has 1 aromatic heterocycles. The molecule has 1 N–H and O–H groups in total. The summed E-state index contributed by atoms with van der Waals surface area (Å²) in [5, 5.41) is 14.7. The lowest BCUT2D eigenvalue weighted by Crippen LogP contribution is -2.38. The number of fused-ring (bicyclic) bond motifs is 1. The van der Waals surface area contributed by atoms with Crippen molar-refractivity contribution in [2.75, 3.05) is 0 Å². The largest absolute Gasteiger partial charge is 0.478 e. The number of aliphatic carboxylic acids is 1. The SMILES string of the molecule is C=C(CC(Cn1ncc2cccc(OC(C)(C)C(=O)O)c21)=C(C)C)c1ccc(C(F)(F)F)cc1. The fourth-order valence-corrected chi connectivity index (χ4v) is 3.46. The highest BCUT2D eigenvalue weighted by Gasteiger charge is 2.31. The summed E-state index contributed by atoms with van der Waals surface area (Å²) >= 11 is 0. The van der Waals surface area contributed by atoms with E-state index < -0.39 is 23.3 Å². The van der Waals surface area contributed by atoms with Crippen LogP contribution in [0.5, 0.6) is 5.75 Å². The Kier molecular flexibility index (Phi) is 6.91. The van der Waals surface area contributed by atoms with Gasteiger partial charge in [-0.1, -0.05) is 36.4 Å². The summed E-state index contributed by atoms with van der Waals surface area (Å²) < 4.78 is 46.2. The Balaban J connectivity index is 1.88. The van der Waals surface area contributed by atoms with E-state index in [9.17, 15) is 23.1 Å². The van der Waals surface area contributed by atoms with Crippen LogP contribution in [0.4, 0.5) is 13.2 Å². The molecule has 0 aliphatic carbocycles. The molecule has 1 heterocycles. The molecule has 0 aliphatic rings. The zero-order valence-electron chi connectivity index (χ0n) is 19.5. The van der Waals surface area contributed by atoms with Crippen LogP contribution in [0, 0.1) is 0 Å². The van der Waals surface area contributed by atoms with Crippen molar-refractivity contribution in [2.45, 2.75) is 52.4 Å². The van der Waals surface area contributed by atoms with E-state index in [2.05, 4.69) is 11.7 Å². The van der Waals surface area contributed by atoms with Gasteiger partial charge in [0.2, 0.25) is 0 Å². The molecule has 0 aliphatic heterocycles. The number of alkyl halides is 3. The normalized spacial score (nSPS) is 12.0. The van der Waals surface area contributed by atoms with E-state index in [1.807, 2.05) is 19.9 Å². The Labute approximate surface area is 196 Å². The van der Waals surface area contributed by atoms with Crippen LogP contribution in [0.25, 0.3) is 16.5 Å². The number of hydrogen-bond acceptors (Lipinski definition) is 3. The minimum Gasteiger partial charge on any atom is -0.478 e. The third-order valence-corrected chi connectivity index (χ3v) is 5.60. The molecule has 180 valence electrons. The first-order chi connectivity index (χ1) is 15.8. The molecular weight excluding hydrogens is 445 g/mol. The Morgan fingerprint density at radius 2 is 1.76 bits per heavy atom. The third-order valence-electron chi connectivity index (χ3n) is 5.60. The number of carboxylic acid groups (broad SMARTS) is 1. The Bertz CT molecular complexity index is 1250. The number of halogens is 3. The molecule has 0 saturated carbocycles. The van der Waals surface area contributed by atoms with Gasteiger partial charge in [0.05, 0.1) is 18.3 Å².